The highest BCUT2D eigenvalue weighted by Gasteiger charge is 2.30. The molecule has 0 aliphatic carbocycles. The van der Waals surface area contributed by atoms with E-state index >= 15 is 0 Å². The van der Waals surface area contributed by atoms with Gasteiger partial charge in [0.15, 0.2) is 9.84 Å². The Morgan fingerprint density at radius 3 is 2.24 bits per heavy atom. The number of anilines is 3. The Bertz CT molecular complexity index is 1550. The molecule has 1 heterocycles. The number of rotatable bonds is 16. The van der Waals surface area contributed by atoms with Crippen molar-refractivity contribution >= 4 is 48.9 Å². The van der Waals surface area contributed by atoms with E-state index in [1.165, 1.54) is 31.3 Å². The first-order valence-corrected chi connectivity index (χ1v) is 19.1. The number of amides is 2. The maximum atomic E-state index is 13.5. The van der Waals surface area contributed by atoms with Crippen LogP contribution in [0.5, 0.6) is 0 Å². The summed E-state index contributed by atoms with van der Waals surface area (Å²) in [7, 11) is -5.73. The van der Waals surface area contributed by atoms with E-state index in [-0.39, 0.29) is 28.0 Å². The number of ether oxygens (including phenoxy) is 2. The minimum absolute atomic E-state index is 0.0712. The van der Waals surface area contributed by atoms with Crippen molar-refractivity contribution in [2.75, 3.05) is 59.8 Å². The molecule has 1 fully saturated rings. The van der Waals surface area contributed by atoms with Gasteiger partial charge in [0.2, 0.25) is 10.0 Å². The lowest BCUT2D eigenvalue weighted by molar-refractivity contribution is 0.0287. The molecule has 0 spiro atoms. The molecule has 46 heavy (non-hydrogen) atoms. The van der Waals surface area contributed by atoms with Gasteiger partial charge >= 0.3 is 6.09 Å². The van der Waals surface area contributed by atoms with Crippen LogP contribution in [0.4, 0.5) is 21.9 Å². The molecule has 0 unspecified atom stereocenters. The third kappa shape index (κ3) is 11.2. The van der Waals surface area contributed by atoms with Crippen LogP contribution in [0, 0.1) is 0 Å². The van der Waals surface area contributed by atoms with Crippen LogP contribution in [0.2, 0.25) is 0 Å². The highest BCUT2D eigenvalue weighted by Crippen LogP contribution is 2.31. The van der Waals surface area contributed by atoms with Crippen LogP contribution in [0.1, 0.15) is 70.2 Å². The van der Waals surface area contributed by atoms with E-state index in [9.17, 15) is 26.4 Å². The third-order valence-electron chi connectivity index (χ3n) is 7.39. The second-order valence-corrected chi connectivity index (χ2v) is 16.6. The lowest BCUT2D eigenvalue weighted by Gasteiger charge is -2.41. The molecule has 0 radical (unpaired) electrons. The molecular weight excluding hydrogens is 633 g/mol. The number of alkyl carbamates (subject to hydrolysis) is 1. The summed E-state index contributed by atoms with van der Waals surface area (Å²) in [6, 6.07) is 11.0. The molecular formula is C32H48N4O8S2. The van der Waals surface area contributed by atoms with Gasteiger partial charge in [0.05, 0.1) is 40.9 Å². The highest BCUT2D eigenvalue weighted by atomic mass is 32.2. The number of nitrogens with zero attached hydrogens (tertiary/aromatic N) is 2. The monoisotopic (exact) mass is 680 g/mol. The van der Waals surface area contributed by atoms with Crippen LogP contribution in [-0.4, -0.2) is 85.8 Å². The number of carbonyl (C=O) groups is 2. The van der Waals surface area contributed by atoms with Crippen molar-refractivity contribution in [1.82, 2.24) is 5.32 Å². The van der Waals surface area contributed by atoms with Gasteiger partial charge in [0.1, 0.15) is 5.60 Å². The smallest absolute Gasteiger partial charge is 0.407 e. The number of carbonyl (C=O) groups excluding carboxylic acids is 2. The molecule has 256 valence electrons. The molecule has 12 nitrogen and oxygen atoms in total. The van der Waals surface area contributed by atoms with E-state index in [1.54, 1.807) is 39.0 Å². The predicted molar refractivity (Wildman–Crippen MR) is 181 cm³/mol. The average molecular weight is 681 g/mol. The number of hydrogen-bond acceptors (Lipinski definition) is 9. The first-order valence-electron chi connectivity index (χ1n) is 15.6. The largest absolute Gasteiger partial charge is 0.444 e. The lowest BCUT2D eigenvalue weighted by atomic mass is 10.1. The van der Waals surface area contributed by atoms with Crippen LogP contribution in [0.25, 0.3) is 0 Å². The molecule has 14 heteroatoms. The fourth-order valence-corrected chi connectivity index (χ4v) is 6.65. The lowest BCUT2D eigenvalue weighted by Crippen LogP contribution is -2.53. The van der Waals surface area contributed by atoms with E-state index in [0.717, 1.165) is 36.2 Å². The van der Waals surface area contributed by atoms with Gasteiger partial charge in [-0.3, -0.25) is 9.10 Å². The molecule has 0 saturated carbocycles. The summed E-state index contributed by atoms with van der Waals surface area (Å²) in [6.07, 6.45) is 5.11. The third-order valence-corrected chi connectivity index (χ3v) is 10.4. The molecule has 2 N–H and O–H groups in total. The zero-order valence-corrected chi connectivity index (χ0v) is 29.3. The van der Waals surface area contributed by atoms with Gasteiger partial charge in [0.25, 0.3) is 5.91 Å². The minimum Gasteiger partial charge on any atom is -0.444 e. The van der Waals surface area contributed by atoms with Gasteiger partial charge < -0.3 is 25.0 Å². The summed E-state index contributed by atoms with van der Waals surface area (Å²) < 4.78 is 62.3. The summed E-state index contributed by atoms with van der Waals surface area (Å²) in [6.45, 7) is 9.17. The summed E-state index contributed by atoms with van der Waals surface area (Å²) in [4.78, 5) is 27.5. The second-order valence-electron chi connectivity index (χ2n) is 12.5. The Labute approximate surface area is 273 Å². The van der Waals surface area contributed by atoms with E-state index in [2.05, 4.69) is 17.6 Å². The molecule has 0 atom stereocenters. The normalized spacial score (nSPS) is 14.0. The van der Waals surface area contributed by atoms with Gasteiger partial charge in [-0.1, -0.05) is 32.6 Å². The summed E-state index contributed by atoms with van der Waals surface area (Å²) in [5, 5.41) is 5.43. The molecule has 1 saturated heterocycles. The predicted octanol–water partition coefficient (Wildman–Crippen LogP) is 4.81. The molecule has 2 aromatic carbocycles. The molecule has 2 aromatic rings. The number of sulfonamides is 1. The van der Waals surface area contributed by atoms with Gasteiger partial charge in [-0.25, -0.2) is 21.6 Å². The van der Waals surface area contributed by atoms with Crippen LogP contribution in [0.15, 0.2) is 47.4 Å². The first-order chi connectivity index (χ1) is 21.5. The van der Waals surface area contributed by atoms with Crippen LogP contribution >= 0.6 is 0 Å². The standard InChI is InChI=1S/C32H48N4O8S2/c1-7-8-9-10-11-20-46(41,42)27-15-12-24(13-16-27)34-30(37)28-21-25(14-17-29(28)35(5)45(6,39)40)36-22-26(23-36)43-19-18-33-31(38)44-32(2,3)4/h12-17,21,26H,7-11,18-20,22-23H2,1-6H3,(H,33,38)(H,34,37). The average Bonchev–Trinajstić information content (AvgIpc) is 2.94. The van der Waals surface area contributed by atoms with Crippen LogP contribution < -0.4 is 19.8 Å². The van der Waals surface area contributed by atoms with Crippen molar-refractivity contribution in [1.29, 1.82) is 0 Å². The Balaban J connectivity index is 1.65. The van der Waals surface area contributed by atoms with Gasteiger partial charge in [-0.15, -0.1) is 0 Å². The van der Waals surface area contributed by atoms with E-state index < -0.39 is 37.5 Å². The Morgan fingerprint density at radius 2 is 1.63 bits per heavy atom. The first kappa shape index (κ1) is 37.1. The summed E-state index contributed by atoms with van der Waals surface area (Å²) >= 11 is 0. The topological polar surface area (TPSA) is 151 Å². The molecule has 0 bridgehead atoms. The van der Waals surface area contributed by atoms with Gasteiger partial charge in [-0.2, -0.15) is 0 Å². The van der Waals surface area contributed by atoms with Gasteiger partial charge in [-0.05, 0) is 69.7 Å². The maximum Gasteiger partial charge on any atom is 0.407 e. The van der Waals surface area contributed by atoms with Crippen molar-refractivity contribution in [3.8, 4) is 0 Å². The molecule has 2 amide bonds. The number of sulfone groups is 1. The number of benzene rings is 2. The summed E-state index contributed by atoms with van der Waals surface area (Å²) in [5.41, 5.74) is 0.847. The van der Waals surface area contributed by atoms with E-state index in [1.807, 2.05) is 4.90 Å². The zero-order chi connectivity index (χ0) is 34.1. The molecule has 1 aliphatic heterocycles. The maximum absolute atomic E-state index is 13.5. The Kier molecular flexibility index (Phi) is 12.9. The van der Waals surface area contributed by atoms with Crippen molar-refractivity contribution < 1.29 is 35.9 Å². The quantitative estimate of drug-likeness (QED) is 0.238. The molecule has 3 rings (SSSR count). The highest BCUT2D eigenvalue weighted by molar-refractivity contribution is 7.92. The Morgan fingerprint density at radius 1 is 0.978 bits per heavy atom. The number of hydrogen-bond donors (Lipinski definition) is 2. The van der Waals surface area contributed by atoms with Crippen LogP contribution in [0.3, 0.4) is 0 Å². The van der Waals surface area contributed by atoms with Crippen LogP contribution in [-0.2, 0) is 29.3 Å². The van der Waals surface area contributed by atoms with E-state index in [0.29, 0.717) is 44.0 Å². The van der Waals surface area contributed by atoms with Crippen molar-refractivity contribution in [2.45, 2.75) is 76.4 Å². The van der Waals surface area contributed by atoms with Crippen molar-refractivity contribution in [3.63, 3.8) is 0 Å². The SMILES string of the molecule is CCCCCCCS(=O)(=O)c1ccc(NC(=O)c2cc(N3CC(OCCNC(=O)OC(C)(C)C)C3)ccc2N(C)S(C)(=O)=O)cc1. The minimum atomic E-state index is -3.67. The Hall–Kier alpha value is -3.36. The molecule has 0 aromatic heterocycles. The molecule has 1 aliphatic rings. The van der Waals surface area contributed by atoms with Crippen molar-refractivity contribution in [3.05, 3.63) is 48.0 Å². The fourth-order valence-electron chi connectivity index (χ4n) is 4.76. The van der Waals surface area contributed by atoms with Crippen molar-refractivity contribution in [2.24, 2.45) is 0 Å². The van der Waals surface area contributed by atoms with E-state index in [4.69, 9.17) is 9.47 Å². The number of unbranched alkanes of at least 4 members (excludes halogenated alkanes) is 4. The zero-order valence-electron chi connectivity index (χ0n) is 27.7. The van der Waals surface area contributed by atoms with Gasteiger partial charge in [0, 0.05) is 38.1 Å². The summed E-state index contributed by atoms with van der Waals surface area (Å²) in [5.74, 6) is -0.470. The second kappa shape index (κ2) is 16.0. The number of nitrogens with one attached hydrogen (secondary N) is 2. The fraction of sp³-hybridized carbons (Fsp3) is 0.562.